The van der Waals surface area contributed by atoms with E-state index in [9.17, 15) is 31.5 Å². The Morgan fingerprint density at radius 2 is 1.86 bits per heavy atom. The van der Waals surface area contributed by atoms with Gasteiger partial charge in [-0.2, -0.15) is 30.6 Å². The van der Waals surface area contributed by atoms with Crippen LogP contribution in [-0.4, -0.2) is 69.5 Å². The molecule has 2 rings (SSSR count). The third kappa shape index (κ3) is 8.37. The summed E-state index contributed by atoms with van der Waals surface area (Å²) >= 11 is 5.92. The van der Waals surface area contributed by atoms with Crippen molar-refractivity contribution in [3.05, 3.63) is 46.6 Å². The van der Waals surface area contributed by atoms with E-state index in [4.69, 9.17) is 30.5 Å². The molecule has 1 amide bonds. The molecule has 2 N–H and O–H groups in total. The molecule has 0 fully saturated rings. The van der Waals surface area contributed by atoms with Gasteiger partial charge in [0.25, 0.3) is 0 Å². The molecule has 1 aromatic heterocycles. The second-order valence-corrected chi connectivity index (χ2v) is 8.99. The molecule has 200 valence electrons. The first kappa shape index (κ1) is 29.4. The Morgan fingerprint density at radius 3 is 2.44 bits per heavy atom. The van der Waals surface area contributed by atoms with Crippen LogP contribution < -0.4 is 14.2 Å². The maximum Gasteiger partial charge on any atom is 0.422 e. The number of hydrogen-bond acceptors (Lipinski definition) is 8. The van der Waals surface area contributed by atoms with Crippen molar-refractivity contribution >= 4 is 27.9 Å². The zero-order chi connectivity index (χ0) is 26.9. The second-order valence-electron chi connectivity index (χ2n) is 6.90. The van der Waals surface area contributed by atoms with Gasteiger partial charge in [0.15, 0.2) is 0 Å². The van der Waals surface area contributed by atoms with Crippen LogP contribution in [0.5, 0.6) is 17.4 Å². The van der Waals surface area contributed by atoms with Gasteiger partial charge in [-0.3, -0.25) is 0 Å². The predicted octanol–water partition coefficient (Wildman–Crippen LogP) is 3.53. The number of benzene rings is 1. The molecule has 0 aliphatic carbocycles. The molecule has 36 heavy (non-hydrogen) atoms. The van der Waals surface area contributed by atoms with Gasteiger partial charge >= 0.3 is 22.5 Å². The number of methoxy groups -OCH3 is 2. The first-order valence-electron chi connectivity index (χ1n) is 10.0. The zero-order valence-electron chi connectivity index (χ0n) is 19.0. The Bertz CT molecular complexity index is 1150. The first-order valence-corrected chi connectivity index (χ1v) is 11.8. The zero-order valence-corrected chi connectivity index (χ0v) is 20.6. The molecular weight excluding hydrogens is 535 g/mol. The molecule has 0 aliphatic heterocycles. The number of rotatable bonds is 13. The summed E-state index contributed by atoms with van der Waals surface area (Å²) < 4.78 is 86.7. The lowest BCUT2D eigenvalue weighted by Crippen LogP contribution is -2.44. The maximum atomic E-state index is 12.9. The van der Waals surface area contributed by atoms with E-state index in [1.54, 1.807) is 0 Å². The number of carbonyl (C=O) groups is 1. The predicted molar refractivity (Wildman–Crippen MR) is 121 cm³/mol. The van der Waals surface area contributed by atoms with E-state index in [0.717, 1.165) is 0 Å². The number of pyridine rings is 1. The molecule has 0 aliphatic rings. The molecule has 11 nitrogen and oxygen atoms in total. The van der Waals surface area contributed by atoms with Crippen LogP contribution in [0.2, 0.25) is 5.02 Å². The van der Waals surface area contributed by atoms with Gasteiger partial charge < -0.3 is 24.1 Å². The molecule has 1 aromatic carbocycles. The van der Waals surface area contributed by atoms with Crippen LogP contribution in [0.15, 0.2) is 30.5 Å². The van der Waals surface area contributed by atoms with Crippen molar-refractivity contribution in [2.24, 2.45) is 0 Å². The van der Waals surface area contributed by atoms with Crippen molar-refractivity contribution in [1.29, 1.82) is 0 Å². The monoisotopic (exact) mass is 557 g/mol. The van der Waals surface area contributed by atoms with Gasteiger partial charge in [0.2, 0.25) is 5.88 Å². The fourth-order valence-corrected chi connectivity index (χ4v) is 3.83. The third-order valence-electron chi connectivity index (χ3n) is 4.34. The van der Waals surface area contributed by atoms with E-state index < -0.39 is 45.5 Å². The quantitative estimate of drug-likeness (QED) is 0.354. The molecule has 16 heteroatoms. The van der Waals surface area contributed by atoms with Crippen molar-refractivity contribution in [3.63, 3.8) is 0 Å². The van der Waals surface area contributed by atoms with E-state index >= 15 is 0 Å². The minimum Gasteiger partial charge on any atom is -0.491 e. The molecule has 2 aromatic rings. The van der Waals surface area contributed by atoms with Crippen molar-refractivity contribution in [2.75, 3.05) is 40.6 Å². The normalized spacial score (nSPS) is 11.8. The molecule has 0 spiro atoms. The number of nitrogens with one attached hydrogen (secondary N) is 1. The second kappa shape index (κ2) is 12.9. The highest BCUT2D eigenvalue weighted by atomic mass is 35.5. The Kier molecular flexibility index (Phi) is 10.5. The van der Waals surface area contributed by atoms with E-state index in [-0.39, 0.29) is 47.7 Å². The van der Waals surface area contributed by atoms with Gasteiger partial charge in [-0.05, 0) is 18.2 Å². The number of amides is 1. The topological polar surface area (TPSA) is 137 Å². The summed E-state index contributed by atoms with van der Waals surface area (Å²) in [6.45, 7) is -0.546. The van der Waals surface area contributed by atoms with E-state index in [0.29, 0.717) is 12.3 Å². The van der Waals surface area contributed by atoms with Gasteiger partial charge in [0.1, 0.15) is 23.1 Å². The van der Waals surface area contributed by atoms with Gasteiger partial charge in [-0.15, -0.1) is 0 Å². The Labute approximate surface area is 209 Å². The summed E-state index contributed by atoms with van der Waals surface area (Å²) in [4.78, 5) is 15.3. The van der Waals surface area contributed by atoms with Gasteiger partial charge in [0, 0.05) is 38.6 Å². The fourth-order valence-electron chi connectivity index (χ4n) is 2.61. The summed E-state index contributed by atoms with van der Waals surface area (Å²) in [7, 11) is -1.71. The Balaban J connectivity index is 2.43. The largest absolute Gasteiger partial charge is 0.491 e. The maximum absolute atomic E-state index is 12.9. The molecule has 0 saturated heterocycles. The van der Waals surface area contributed by atoms with E-state index in [1.807, 2.05) is 0 Å². The highest BCUT2D eigenvalue weighted by Gasteiger charge is 2.32. The summed E-state index contributed by atoms with van der Waals surface area (Å²) in [6.07, 6.45) is -5.98. The number of nitrogens with zero attached hydrogens (tertiary/aromatic N) is 2. The van der Waals surface area contributed by atoms with E-state index in [2.05, 4.69) is 9.71 Å². The molecule has 1 heterocycles. The van der Waals surface area contributed by atoms with Crippen LogP contribution >= 0.6 is 11.6 Å². The first-order chi connectivity index (χ1) is 16.9. The van der Waals surface area contributed by atoms with Crippen LogP contribution in [-0.2, 0) is 32.4 Å². The van der Waals surface area contributed by atoms with Crippen molar-refractivity contribution in [2.45, 2.75) is 12.7 Å². The number of hydrogen-bond donors (Lipinski definition) is 2. The Hall–Kier alpha value is -2.85. The van der Waals surface area contributed by atoms with Crippen LogP contribution in [0, 0.1) is 0 Å². The van der Waals surface area contributed by atoms with Gasteiger partial charge in [-0.25, -0.2) is 9.78 Å². The molecular formula is C20H23ClF3N3O8S. The van der Waals surface area contributed by atoms with Gasteiger partial charge in [-0.1, -0.05) is 11.6 Å². The molecule has 0 saturated carbocycles. The van der Waals surface area contributed by atoms with E-state index in [1.165, 1.54) is 32.4 Å². The number of ether oxygens (including phenoxy) is 4. The summed E-state index contributed by atoms with van der Waals surface area (Å²) in [5.74, 6) is -0.364. The van der Waals surface area contributed by atoms with Crippen molar-refractivity contribution in [1.82, 2.24) is 14.0 Å². The molecule has 0 radical (unpaired) electrons. The standard InChI is InChI=1S/C20H23ClF3N3O8S/c1-32-6-5-26-36(30,31)27(19(28)29)12-13-3-4-15(34-8-7-33-2)10-17(13)35-18-16(21)9-14(11-25-18)20(22,23)24/h3-4,9-11,26H,5-8,12H2,1-2H3,(H,28,29). The SMILES string of the molecule is COCCNS(=O)(=O)N(Cc1ccc(OCCOC)cc1Oc1ncc(C(F)(F)F)cc1Cl)C(=O)O. The highest BCUT2D eigenvalue weighted by Crippen LogP contribution is 2.36. The number of halogens is 4. The average molecular weight is 558 g/mol. The fraction of sp³-hybridized carbons (Fsp3) is 0.400. The highest BCUT2D eigenvalue weighted by molar-refractivity contribution is 7.87. The number of alkyl halides is 3. The summed E-state index contributed by atoms with van der Waals surface area (Å²) in [5.41, 5.74) is -1.09. The lowest BCUT2D eigenvalue weighted by Gasteiger charge is -2.21. The van der Waals surface area contributed by atoms with Crippen LogP contribution in [0.4, 0.5) is 18.0 Å². The van der Waals surface area contributed by atoms with Crippen LogP contribution in [0.1, 0.15) is 11.1 Å². The minimum absolute atomic E-state index is 0.00729. The molecule has 0 bridgehead atoms. The lowest BCUT2D eigenvalue weighted by atomic mass is 10.2. The lowest BCUT2D eigenvalue weighted by molar-refractivity contribution is -0.137. The van der Waals surface area contributed by atoms with Crippen molar-refractivity contribution in [3.8, 4) is 17.4 Å². The number of aromatic nitrogens is 1. The summed E-state index contributed by atoms with van der Waals surface area (Å²) in [6, 6.07) is 4.64. The minimum atomic E-state index is -4.69. The molecule has 0 unspecified atom stereocenters. The van der Waals surface area contributed by atoms with Crippen LogP contribution in [0.3, 0.4) is 0 Å². The van der Waals surface area contributed by atoms with Crippen molar-refractivity contribution < 1.29 is 50.4 Å². The average Bonchev–Trinajstić information content (AvgIpc) is 2.79. The third-order valence-corrected chi connectivity index (χ3v) is 6.05. The summed E-state index contributed by atoms with van der Waals surface area (Å²) in [5, 5.41) is 9.03. The van der Waals surface area contributed by atoms with Crippen LogP contribution in [0.25, 0.3) is 0 Å². The number of carboxylic acid groups (broad SMARTS) is 1. The van der Waals surface area contributed by atoms with Gasteiger partial charge in [0.05, 0.1) is 25.3 Å². The molecule has 0 atom stereocenters. The Morgan fingerprint density at radius 1 is 1.17 bits per heavy atom. The smallest absolute Gasteiger partial charge is 0.422 e.